The van der Waals surface area contributed by atoms with Gasteiger partial charge in [-0.15, -0.1) is 0 Å². The van der Waals surface area contributed by atoms with Crippen LogP contribution in [0.1, 0.15) is 25.8 Å². The topological polar surface area (TPSA) is 49.5 Å². The molecule has 96 valence electrons. The quantitative estimate of drug-likeness (QED) is 0.788. The number of nitrogens with zero attached hydrogens (tertiary/aromatic N) is 1. The third-order valence-electron chi connectivity index (χ3n) is 3.50. The monoisotopic (exact) mass is 236 g/mol. The molecule has 0 spiro atoms. The third kappa shape index (κ3) is 3.53. The molecular formula is C14H24N2O. The van der Waals surface area contributed by atoms with Crippen LogP contribution in [0.2, 0.25) is 0 Å². The third-order valence-corrected chi connectivity index (χ3v) is 3.50. The molecule has 0 radical (unpaired) electrons. The number of rotatable bonds is 6. The van der Waals surface area contributed by atoms with Crippen LogP contribution in [0, 0.1) is 0 Å². The Morgan fingerprint density at radius 3 is 2.41 bits per heavy atom. The average Bonchev–Trinajstić information content (AvgIpc) is 2.38. The van der Waals surface area contributed by atoms with Gasteiger partial charge >= 0.3 is 0 Å². The van der Waals surface area contributed by atoms with Gasteiger partial charge in [0.1, 0.15) is 5.60 Å². The van der Waals surface area contributed by atoms with Crippen molar-refractivity contribution in [2.75, 3.05) is 20.1 Å². The van der Waals surface area contributed by atoms with Gasteiger partial charge in [-0.05, 0) is 26.0 Å². The highest BCUT2D eigenvalue weighted by Crippen LogP contribution is 2.21. The normalized spacial score (nSPS) is 16.8. The van der Waals surface area contributed by atoms with Crippen LogP contribution in [0.3, 0.4) is 0 Å². The first-order chi connectivity index (χ1) is 8.03. The Kier molecular flexibility index (Phi) is 5.12. The van der Waals surface area contributed by atoms with Gasteiger partial charge in [0, 0.05) is 19.1 Å². The van der Waals surface area contributed by atoms with E-state index in [1.807, 2.05) is 37.4 Å². The molecule has 1 rings (SSSR count). The fourth-order valence-corrected chi connectivity index (χ4v) is 1.90. The van der Waals surface area contributed by atoms with Crippen LogP contribution < -0.4 is 5.73 Å². The Labute approximate surface area is 104 Å². The van der Waals surface area contributed by atoms with Gasteiger partial charge in [-0.25, -0.2) is 0 Å². The lowest BCUT2D eigenvalue weighted by Gasteiger charge is -2.34. The van der Waals surface area contributed by atoms with E-state index in [0.717, 1.165) is 12.0 Å². The number of aliphatic hydroxyl groups is 1. The van der Waals surface area contributed by atoms with Crippen LogP contribution in [0.15, 0.2) is 30.3 Å². The van der Waals surface area contributed by atoms with Crippen molar-refractivity contribution in [3.63, 3.8) is 0 Å². The molecule has 0 aliphatic rings. The number of hydrogen-bond acceptors (Lipinski definition) is 3. The molecule has 0 fully saturated rings. The number of likely N-dealkylation sites (N-methyl/N-ethyl adjacent to an activating group) is 1. The lowest BCUT2D eigenvalue weighted by atomic mass is 9.93. The molecule has 0 amide bonds. The molecule has 0 saturated heterocycles. The Bertz CT molecular complexity index is 328. The molecule has 2 unspecified atom stereocenters. The highest BCUT2D eigenvalue weighted by Gasteiger charge is 2.29. The number of hydrogen-bond donors (Lipinski definition) is 2. The van der Waals surface area contributed by atoms with Gasteiger partial charge in [0.05, 0.1) is 0 Å². The van der Waals surface area contributed by atoms with E-state index >= 15 is 0 Å². The highest BCUT2D eigenvalue weighted by molar-refractivity contribution is 5.23. The minimum absolute atomic E-state index is 0.234. The maximum atomic E-state index is 10.6. The molecule has 0 bridgehead atoms. The minimum Gasteiger partial charge on any atom is -0.382 e. The Hall–Kier alpha value is -0.900. The second kappa shape index (κ2) is 6.15. The van der Waals surface area contributed by atoms with E-state index in [1.165, 1.54) is 0 Å². The van der Waals surface area contributed by atoms with Gasteiger partial charge < -0.3 is 15.7 Å². The summed E-state index contributed by atoms with van der Waals surface area (Å²) < 4.78 is 0. The van der Waals surface area contributed by atoms with Gasteiger partial charge in [-0.2, -0.15) is 0 Å². The summed E-state index contributed by atoms with van der Waals surface area (Å²) in [5.74, 6) is 0. The van der Waals surface area contributed by atoms with Crippen LogP contribution in [0.4, 0.5) is 0 Å². The molecule has 2 atom stereocenters. The average molecular weight is 236 g/mol. The second-order valence-electron chi connectivity index (χ2n) is 4.77. The first-order valence-electron chi connectivity index (χ1n) is 6.21. The standard InChI is InChI=1S/C14H24N2O/c1-4-12(2)16(3)11-14(17,10-15)13-8-6-5-7-9-13/h5-9,12,17H,4,10-11,15H2,1-3H3. The maximum absolute atomic E-state index is 10.6. The van der Waals surface area contributed by atoms with Crippen molar-refractivity contribution >= 4 is 0 Å². The molecule has 1 aromatic rings. The summed E-state index contributed by atoms with van der Waals surface area (Å²) in [5.41, 5.74) is 5.68. The molecule has 3 heteroatoms. The van der Waals surface area contributed by atoms with Crippen LogP contribution in [0.25, 0.3) is 0 Å². The van der Waals surface area contributed by atoms with Gasteiger partial charge in [0.25, 0.3) is 0 Å². The molecule has 0 heterocycles. The lowest BCUT2D eigenvalue weighted by Crippen LogP contribution is -2.47. The molecule has 1 aromatic carbocycles. The Balaban J connectivity index is 2.83. The maximum Gasteiger partial charge on any atom is 0.114 e. The van der Waals surface area contributed by atoms with Gasteiger partial charge in [-0.3, -0.25) is 0 Å². The Morgan fingerprint density at radius 2 is 1.94 bits per heavy atom. The van der Waals surface area contributed by atoms with Crippen LogP contribution in [0.5, 0.6) is 0 Å². The molecule has 17 heavy (non-hydrogen) atoms. The van der Waals surface area contributed by atoms with Gasteiger partial charge in [-0.1, -0.05) is 37.3 Å². The molecule has 0 aliphatic heterocycles. The van der Waals surface area contributed by atoms with E-state index in [1.54, 1.807) is 0 Å². The van der Waals surface area contributed by atoms with E-state index in [-0.39, 0.29) is 6.54 Å². The SMILES string of the molecule is CCC(C)N(C)CC(O)(CN)c1ccccc1. The fourth-order valence-electron chi connectivity index (χ4n) is 1.90. The van der Waals surface area contributed by atoms with Crippen molar-refractivity contribution in [1.82, 2.24) is 4.90 Å². The van der Waals surface area contributed by atoms with Gasteiger partial charge in [0.2, 0.25) is 0 Å². The van der Waals surface area contributed by atoms with Gasteiger partial charge in [0.15, 0.2) is 0 Å². The molecule has 0 aliphatic carbocycles. The van der Waals surface area contributed by atoms with E-state index in [4.69, 9.17) is 5.73 Å². The zero-order valence-corrected chi connectivity index (χ0v) is 11.1. The van der Waals surface area contributed by atoms with Crippen molar-refractivity contribution < 1.29 is 5.11 Å². The largest absolute Gasteiger partial charge is 0.382 e. The number of benzene rings is 1. The molecular weight excluding hydrogens is 212 g/mol. The zero-order chi connectivity index (χ0) is 12.9. The van der Waals surface area contributed by atoms with E-state index in [2.05, 4.69) is 18.7 Å². The van der Waals surface area contributed by atoms with Crippen LogP contribution >= 0.6 is 0 Å². The van der Waals surface area contributed by atoms with Crippen molar-refractivity contribution in [2.24, 2.45) is 5.73 Å². The van der Waals surface area contributed by atoms with E-state index < -0.39 is 5.60 Å². The summed E-state index contributed by atoms with van der Waals surface area (Å²) in [6.07, 6.45) is 1.06. The van der Waals surface area contributed by atoms with Crippen molar-refractivity contribution in [3.05, 3.63) is 35.9 Å². The lowest BCUT2D eigenvalue weighted by molar-refractivity contribution is 0.00420. The smallest absolute Gasteiger partial charge is 0.114 e. The second-order valence-corrected chi connectivity index (χ2v) is 4.77. The molecule has 0 aromatic heterocycles. The first-order valence-corrected chi connectivity index (χ1v) is 6.21. The Morgan fingerprint density at radius 1 is 1.35 bits per heavy atom. The molecule has 3 N–H and O–H groups in total. The summed E-state index contributed by atoms with van der Waals surface area (Å²) in [5, 5.41) is 10.6. The number of nitrogens with two attached hydrogens (primary N) is 1. The van der Waals surface area contributed by atoms with Crippen molar-refractivity contribution in [2.45, 2.75) is 31.9 Å². The van der Waals surface area contributed by atoms with E-state index in [9.17, 15) is 5.11 Å². The van der Waals surface area contributed by atoms with E-state index in [0.29, 0.717) is 12.6 Å². The summed E-state index contributed by atoms with van der Waals surface area (Å²) in [6.45, 7) is 5.09. The van der Waals surface area contributed by atoms with Crippen LogP contribution in [-0.4, -0.2) is 36.2 Å². The molecule has 0 saturated carbocycles. The predicted molar refractivity (Wildman–Crippen MR) is 71.8 cm³/mol. The summed E-state index contributed by atoms with van der Waals surface area (Å²) in [4.78, 5) is 2.15. The van der Waals surface area contributed by atoms with Crippen molar-refractivity contribution in [3.8, 4) is 0 Å². The van der Waals surface area contributed by atoms with Crippen LogP contribution in [-0.2, 0) is 5.60 Å². The summed E-state index contributed by atoms with van der Waals surface area (Å²) in [6, 6.07) is 10.1. The highest BCUT2D eigenvalue weighted by atomic mass is 16.3. The first kappa shape index (κ1) is 14.2. The fraction of sp³-hybridized carbons (Fsp3) is 0.571. The zero-order valence-electron chi connectivity index (χ0n) is 11.1. The predicted octanol–water partition coefficient (Wildman–Crippen LogP) is 1.56. The molecule has 3 nitrogen and oxygen atoms in total. The van der Waals surface area contributed by atoms with Crippen molar-refractivity contribution in [1.29, 1.82) is 0 Å². The summed E-state index contributed by atoms with van der Waals surface area (Å²) in [7, 11) is 2.03. The minimum atomic E-state index is -0.959. The summed E-state index contributed by atoms with van der Waals surface area (Å²) >= 11 is 0.